The topological polar surface area (TPSA) is 109 Å². The van der Waals surface area contributed by atoms with Crippen LogP contribution in [-0.2, 0) is 0 Å². The molecule has 0 aliphatic carbocycles. The highest BCUT2D eigenvalue weighted by molar-refractivity contribution is 14.0. The first-order valence-electron chi connectivity index (χ1n) is 9.35. The van der Waals surface area contributed by atoms with Crippen molar-refractivity contribution < 1.29 is 23.5 Å². The number of nitro benzene ring substituents is 1. The maximum absolute atomic E-state index is 13.4. The minimum absolute atomic E-state index is 0. The molecule has 0 bridgehead atoms. The Kier molecular flexibility index (Phi) is 11.1. The summed E-state index contributed by atoms with van der Waals surface area (Å²) in [4.78, 5) is 14.4. The molecule has 0 aliphatic rings. The van der Waals surface area contributed by atoms with E-state index in [1.165, 1.54) is 30.3 Å². The van der Waals surface area contributed by atoms with Gasteiger partial charge in [-0.25, -0.2) is 8.78 Å². The minimum atomic E-state index is -0.929. The molecular formula is C20H25F2IN4O4. The van der Waals surface area contributed by atoms with Crippen LogP contribution < -0.4 is 15.4 Å². The van der Waals surface area contributed by atoms with E-state index in [-0.39, 0.29) is 48.9 Å². The normalized spacial score (nSPS) is 13.0. The van der Waals surface area contributed by atoms with Crippen LogP contribution in [0.3, 0.4) is 0 Å². The lowest BCUT2D eigenvalue weighted by Crippen LogP contribution is -2.39. The zero-order valence-corrected chi connectivity index (χ0v) is 19.4. The van der Waals surface area contributed by atoms with Crippen molar-refractivity contribution in [1.29, 1.82) is 0 Å². The first-order valence-corrected chi connectivity index (χ1v) is 9.35. The highest BCUT2D eigenvalue weighted by Gasteiger charge is 2.12. The summed E-state index contributed by atoms with van der Waals surface area (Å²) in [6.07, 6.45) is -0.922. The summed E-state index contributed by atoms with van der Waals surface area (Å²) in [7, 11) is 0. The Morgan fingerprint density at radius 2 is 1.90 bits per heavy atom. The van der Waals surface area contributed by atoms with Gasteiger partial charge in [-0.3, -0.25) is 15.1 Å². The van der Waals surface area contributed by atoms with Gasteiger partial charge in [0.2, 0.25) is 0 Å². The van der Waals surface area contributed by atoms with Gasteiger partial charge in [-0.1, -0.05) is 6.07 Å². The first kappa shape index (κ1) is 26.5. The molecule has 8 nitrogen and oxygen atoms in total. The minimum Gasteiger partial charge on any atom is -0.491 e. The Balaban J connectivity index is 0.00000480. The summed E-state index contributed by atoms with van der Waals surface area (Å²) in [5.41, 5.74) is 0.491. The van der Waals surface area contributed by atoms with Crippen molar-refractivity contribution in [2.24, 2.45) is 4.99 Å². The van der Waals surface area contributed by atoms with Crippen molar-refractivity contribution in [3.05, 3.63) is 69.8 Å². The number of benzene rings is 2. The number of aliphatic hydroxyl groups excluding tert-OH is 1. The van der Waals surface area contributed by atoms with Crippen LogP contribution in [0.5, 0.6) is 5.75 Å². The standard InChI is InChI=1S/C20H24F2N4O4.HI/c1-3-23-20(25-13(2)14-4-9-18(21)19(22)10-14)24-11-16(27)12-30-17-7-5-15(6-8-17)26(28)29;/h4-10,13,16,27H,3,11-12H2,1-2H3,(H2,23,24,25);1H. The van der Waals surface area contributed by atoms with Crippen LogP contribution in [-0.4, -0.2) is 41.8 Å². The number of nitrogens with one attached hydrogen (secondary N) is 2. The predicted molar refractivity (Wildman–Crippen MR) is 124 cm³/mol. The van der Waals surface area contributed by atoms with Crippen molar-refractivity contribution in [2.75, 3.05) is 19.7 Å². The van der Waals surface area contributed by atoms with Gasteiger partial charge in [-0.05, 0) is 43.7 Å². The largest absolute Gasteiger partial charge is 0.491 e. The number of nitrogens with zero attached hydrogens (tertiary/aromatic N) is 2. The molecule has 0 saturated heterocycles. The zero-order chi connectivity index (χ0) is 22.1. The molecule has 0 saturated carbocycles. The van der Waals surface area contributed by atoms with Crippen LogP contribution in [0, 0.1) is 21.7 Å². The van der Waals surface area contributed by atoms with Crippen LogP contribution in [0.1, 0.15) is 25.5 Å². The number of aliphatic hydroxyl groups is 1. The Labute approximate surface area is 195 Å². The van der Waals surface area contributed by atoms with Crippen LogP contribution in [0.25, 0.3) is 0 Å². The van der Waals surface area contributed by atoms with Crippen LogP contribution >= 0.6 is 24.0 Å². The summed E-state index contributed by atoms with van der Waals surface area (Å²) in [6, 6.07) is 8.82. The Morgan fingerprint density at radius 1 is 1.23 bits per heavy atom. The summed E-state index contributed by atoms with van der Waals surface area (Å²) < 4.78 is 32.0. The lowest BCUT2D eigenvalue weighted by Gasteiger charge is -2.19. The van der Waals surface area contributed by atoms with Crippen molar-refractivity contribution in [3.63, 3.8) is 0 Å². The molecule has 2 rings (SSSR count). The molecule has 11 heteroatoms. The molecule has 0 spiro atoms. The fraction of sp³-hybridized carbons (Fsp3) is 0.350. The average Bonchev–Trinajstić information content (AvgIpc) is 2.72. The van der Waals surface area contributed by atoms with Gasteiger partial charge in [0.25, 0.3) is 5.69 Å². The molecule has 2 aromatic carbocycles. The van der Waals surface area contributed by atoms with E-state index in [9.17, 15) is 24.0 Å². The highest BCUT2D eigenvalue weighted by atomic mass is 127. The monoisotopic (exact) mass is 550 g/mol. The summed E-state index contributed by atoms with van der Waals surface area (Å²) in [5.74, 6) is -1.06. The van der Waals surface area contributed by atoms with E-state index in [2.05, 4.69) is 15.6 Å². The molecule has 0 radical (unpaired) electrons. The van der Waals surface area contributed by atoms with Gasteiger partial charge in [0.15, 0.2) is 17.6 Å². The molecule has 3 N–H and O–H groups in total. The van der Waals surface area contributed by atoms with Gasteiger partial charge in [0.05, 0.1) is 17.5 Å². The summed E-state index contributed by atoms with van der Waals surface area (Å²) >= 11 is 0. The number of rotatable bonds is 9. The SMILES string of the molecule is CCNC(=NCC(O)COc1ccc([N+](=O)[O-])cc1)NC(C)c1ccc(F)c(F)c1.I. The van der Waals surface area contributed by atoms with E-state index in [1.54, 1.807) is 6.92 Å². The summed E-state index contributed by atoms with van der Waals surface area (Å²) in [6.45, 7) is 4.17. The van der Waals surface area contributed by atoms with Crippen molar-refractivity contribution in [2.45, 2.75) is 26.0 Å². The molecular weight excluding hydrogens is 525 g/mol. The van der Waals surface area contributed by atoms with Gasteiger partial charge in [0.1, 0.15) is 18.5 Å². The van der Waals surface area contributed by atoms with Crippen LogP contribution in [0.4, 0.5) is 14.5 Å². The van der Waals surface area contributed by atoms with E-state index in [4.69, 9.17) is 4.74 Å². The molecule has 0 heterocycles. The Morgan fingerprint density at radius 3 is 2.48 bits per heavy atom. The second-order valence-electron chi connectivity index (χ2n) is 6.48. The van der Waals surface area contributed by atoms with E-state index >= 15 is 0 Å². The lowest BCUT2D eigenvalue weighted by molar-refractivity contribution is -0.384. The van der Waals surface area contributed by atoms with Gasteiger partial charge in [0, 0.05) is 18.7 Å². The number of guanidine groups is 1. The quantitative estimate of drug-likeness (QED) is 0.145. The third kappa shape index (κ3) is 8.61. The van der Waals surface area contributed by atoms with Crippen molar-refractivity contribution in [1.82, 2.24) is 10.6 Å². The first-order chi connectivity index (χ1) is 14.3. The molecule has 170 valence electrons. The molecule has 2 atom stereocenters. The molecule has 2 unspecified atom stereocenters. The van der Waals surface area contributed by atoms with Crippen LogP contribution in [0.2, 0.25) is 0 Å². The molecule has 2 aromatic rings. The Bertz CT molecular complexity index is 884. The summed E-state index contributed by atoms with van der Waals surface area (Å²) in [5, 5.41) is 26.8. The number of hydrogen-bond donors (Lipinski definition) is 3. The maximum atomic E-state index is 13.4. The predicted octanol–water partition coefficient (Wildman–Crippen LogP) is 3.55. The third-order valence-electron chi connectivity index (χ3n) is 4.09. The number of non-ortho nitro benzene ring substituents is 1. The van der Waals surface area contributed by atoms with Gasteiger partial charge < -0.3 is 20.5 Å². The molecule has 0 aliphatic heterocycles. The smallest absolute Gasteiger partial charge is 0.269 e. The van der Waals surface area contributed by atoms with Crippen molar-refractivity contribution in [3.8, 4) is 5.75 Å². The van der Waals surface area contributed by atoms with Crippen LogP contribution in [0.15, 0.2) is 47.5 Å². The van der Waals surface area contributed by atoms with E-state index in [0.29, 0.717) is 23.8 Å². The fourth-order valence-electron chi connectivity index (χ4n) is 2.50. The van der Waals surface area contributed by atoms with E-state index in [1.807, 2.05) is 6.92 Å². The van der Waals surface area contributed by atoms with E-state index < -0.39 is 22.7 Å². The zero-order valence-electron chi connectivity index (χ0n) is 17.0. The van der Waals surface area contributed by atoms with Gasteiger partial charge in [-0.15, -0.1) is 24.0 Å². The number of halogens is 3. The third-order valence-corrected chi connectivity index (χ3v) is 4.09. The van der Waals surface area contributed by atoms with Gasteiger partial charge >= 0.3 is 0 Å². The fourth-order valence-corrected chi connectivity index (χ4v) is 2.50. The number of hydrogen-bond acceptors (Lipinski definition) is 5. The number of aliphatic imine (C=N–C) groups is 1. The maximum Gasteiger partial charge on any atom is 0.269 e. The number of nitro groups is 1. The molecule has 0 fully saturated rings. The van der Waals surface area contributed by atoms with Crippen molar-refractivity contribution >= 4 is 35.6 Å². The molecule has 0 aromatic heterocycles. The second-order valence-corrected chi connectivity index (χ2v) is 6.48. The van der Waals surface area contributed by atoms with E-state index in [0.717, 1.165) is 12.1 Å². The average molecular weight is 550 g/mol. The molecule has 31 heavy (non-hydrogen) atoms. The number of ether oxygens (including phenoxy) is 1. The molecule has 0 amide bonds. The highest BCUT2D eigenvalue weighted by Crippen LogP contribution is 2.18. The second kappa shape index (κ2) is 13.0. The van der Waals surface area contributed by atoms with Gasteiger partial charge in [-0.2, -0.15) is 0 Å². The Hall–Kier alpha value is -2.54. The lowest BCUT2D eigenvalue weighted by atomic mass is 10.1.